The van der Waals surface area contributed by atoms with Gasteiger partial charge in [0.1, 0.15) is 0 Å². The molecule has 1 N–H and O–H groups in total. The molecule has 0 aliphatic heterocycles. The monoisotopic (exact) mass is 266 g/mol. The molecule has 0 aliphatic rings. The molecule has 2 aromatic carbocycles. The largest absolute Gasteiger partial charge is 0.462 e. The molecule has 0 amide bonds. The predicted molar refractivity (Wildman–Crippen MR) is 76.5 cm³/mol. The molecule has 0 radical (unpaired) electrons. The van der Waals surface area contributed by atoms with Crippen molar-refractivity contribution in [2.45, 2.75) is 6.42 Å². The van der Waals surface area contributed by atoms with E-state index in [-0.39, 0.29) is 5.97 Å². The van der Waals surface area contributed by atoms with Crippen molar-refractivity contribution in [2.24, 2.45) is 0 Å². The lowest BCUT2D eigenvalue weighted by molar-refractivity contribution is 0.0509. The molecule has 1 aromatic heterocycles. The predicted octanol–water partition coefficient (Wildman–Crippen LogP) is 2.96. The number of ether oxygens (including phenoxy) is 1. The number of esters is 1. The van der Waals surface area contributed by atoms with E-state index in [0.29, 0.717) is 18.6 Å². The summed E-state index contributed by atoms with van der Waals surface area (Å²) in [5, 5.41) is 8.05. The van der Waals surface area contributed by atoms with Crippen molar-refractivity contribution >= 4 is 16.9 Å². The van der Waals surface area contributed by atoms with Crippen LogP contribution in [0.1, 0.15) is 15.9 Å². The van der Waals surface area contributed by atoms with Crippen molar-refractivity contribution < 1.29 is 9.53 Å². The van der Waals surface area contributed by atoms with Gasteiger partial charge in [-0.1, -0.05) is 36.4 Å². The van der Waals surface area contributed by atoms with Gasteiger partial charge in [-0.3, -0.25) is 5.10 Å². The van der Waals surface area contributed by atoms with Crippen LogP contribution in [0.5, 0.6) is 0 Å². The second-order valence-electron chi connectivity index (χ2n) is 4.50. The van der Waals surface area contributed by atoms with Crippen LogP contribution in [0.2, 0.25) is 0 Å². The molecule has 0 fully saturated rings. The quantitative estimate of drug-likeness (QED) is 0.739. The van der Waals surface area contributed by atoms with E-state index in [2.05, 4.69) is 10.2 Å². The summed E-state index contributed by atoms with van der Waals surface area (Å²) in [5.74, 6) is -0.289. The zero-order chi connectivity index (χ0) is 13.8. The number of hydrogen-bond donors (Lipinski definition) is 1. The maximum atomic E-state index is 11.8. The van der Waals surface area contributed by atoms with Crippen molar-refractivity contribution in [3.63, 3.8) is 0 Å². The number of nitrogens with zero attached hydrogens (tertiary/aromatic N) is 1. The van der Waals surface area contributed by atoms with Crippen LogP contribution >= 0.6 is 0 Å². The summed E-state index contributed by atoms with van der Waals surface area (Å²) < 4.78 is 5.28. The third-order valence-corrected chi connectivity index (χ3v) is 3.18. The minimum absolute atomic E-state index is 0.289. The number of para-hydroxylation sites is 1. The first-order valence-corrected chi connectivity index (χ1v) is 6.48. The standard InChI is InChI=1S/C16H14N2O2/c19-16(13-5-2-1-3-6-13)20-10-9-12-7-4-8-14-11-17-18-15(12)14/h1-8,11H,9-10H2,(H,17,18). The number of fused-ring (bicyclic) bond motifs is 1. The fourth-order valence-electron chi connectivity index (χ4n) is 2.15. The molecule has 20 heavy (non-hydrogen) atoms. The first kappa shape index (κ1) is 12.4. The number of rotatable bonds is 4. The maximum Gasteiger partial charge on any atom is 0.338 e. The number of aromatic amines is 1. The Labute approximate surface area is 116 Å². The average Bonchev–Trinajstić information content (AvgIpc) is 2.97. The summed E-state index contributed by atoms with van der Waals surface area (Å²) in [6.45, 7) is 0.353. The summed E-state index contributed by atoms with van der Waals surface area (Å²) in [6.07, 6.45) is 2.45. The van der Waals surface area contributed by atoms with Crippen molar-refractivity contribution in [3.05, 3.63) is 65.9 Å². The third-order valence-electron chi connectivity index (χ3n) is 3.18. The number of H-pyrrole nitrogens is 1. The molecule has 4 heteroatoms. The minimum Gasteiger partial charge on any atom is -0.462 e. The second-order valence-corrected chi connectivity index (χ2v) is 4.50. The van der Waals surface area contributed by atoms with E-state index in [0.717, 1.165) is 16.5 Å². The van der Waals surface area contributed by atoms with Gasteiger partial charge in [0.25, 0.3) is 0 Å². The van der Waals surface area contributed by atoms with Crippen molar-refractivity contribution in [2.75, 3.05) is 6.61 Å². The number of benzene rings is 2. The molecular weight excluding hydrogens is 252 g/mol. The highest BCUT2D eigenvalue weighted by atomic mass is 16.5. The Morgan fingerprint density at radius 3 is 2.80 bits per heavy atom. The molecular formula is C16H14N2O2. The van der Waals surface area contributed by atoms with Crippen LogP contribution in [0.3, 0.4) is 0 Å². The van der Waals surface area contributed by atoms with Gasteiger partial charge >= 0.3 is 5.97 Å². The topological polar surface area (TPSA) is 55.0 Å². The molecule has 0 bridgehead atoms. The Morgan fingerprint density at radius 1 is 1.10 bits per heavy atom. The van der Waals surface area contributed by atoms with Gasteiger partial charge in [0, 0.05) is 11.8 Å². The van der Waals surface area contributed by atoms with Crippen LogP contribution < -0.4 is 0 Å². The Balaban J connectivity index is 1.63. The van der Waals surface area contributed by atoms with Crippen LogP contribution in [-0.4, -0.2) is 22.8 Å². The van der Waals surface area contributed by atoms with Gasteiger partial charge in [-0.05, 0) is 17.7 Å². The van der Waals surface area contributed by atoms with E-state index < -0.39 is 0 Å². The van der Waals surface area contributed by atoms with Gasteiger partial charge in [0.05, 0.1) is 23.9 Å². The fourth-order valence-corrected chi connectivity index (χ4v) is 2.15. The van der Waals surface area contributed by atoms with Crippen LogP contribution in [0.4, 0.5) is 0 Å². The molecule has 0 unspecified atom stereocenters. The first-order valence-electron chi connectivity index (χ1n) is 6.48. The Hall–Kier alpha value is -2.62. The molecule has 1 heterocycles. The fraction of sp³-hybridized carbons (Fsp3) is 0.125. The zero-order valence-electron chi connectivity index (χ0n) is 10.9. The van der Waals surface area contributed by atoms with Gasteiger partial charge in [0.15, 0.2) is 0 Å². The van der Waals surface area contributed by atoms with E-state index in [1.165, 1.54) is 0 Å². The van der Waals surface area contributed by atoms with E-state index in [4.69, 9.17) is 4.74 Å². The van der Waals surface area contributed by atoms with E-state index in [9.17, 15) is 4.79 Å². The lowest BCUT2D eigenvalue weighted by Crippen LogP contribution is -2.08. The van der Waals surface area contributed by atoms with Gasteiger partial charge in [-0.15, -0.1) is 0 Å². The number of nitrogens with one attached hydrogen (secondary N) is 1. The molecule has 0 aliphatic carbocycles. The van der Waals surface area contributed by atoms with Crippen LogP contribution in [-0.2, 0) is 11.2 Å². The molecule has 3 aromatic rings. The highest BCUT2D eigenvalue weighted by molar-refractivity contribution is 5.89. The molecule has 0 saturated carbocycles. The molecule has 0 saturated heterocycles. The van der Waals surface area contributed by atoms with Gasteiger partial charge < -0.3 is 4.74 Å². The smallest absolute Gasteiger partial charge is 0.338 e. The van der Waals surface area contributed by atoms with E-state index in [1.807, 2.05) is 36.4 Å². The Bertz CT molecular complexity index is 719. The number of carbonyl (C=O) groups is 1. The number of aromatic nitrogens is 2. The lowest BCUT2D eigenvalue weighted by Gasteiger charge is -2.05. The second kappa shape index (κ2) is 5.57. The molecule has 0 atom stereocenters. The first-order chi connectivity index (χ1) is 9.84. The number of hydrogen-bond acceptors (Lipinski definition) is 3. The molecule has 0 spiro atoms. The summed E-state index contributed by atoms with van der Waals surface area (Å²) in [4.78, 5) is 11.8. The summed E-state index contributed by atoms with van der Waals surface area (Å²) in [5.41, 5.74) is 2.68. The van der Waals surface area contributed by atoms with Crippen LogP contribution in [0.15, 0.2) is 54.7 Å². The van der Waals surface area contributed by atoms with Crippen molar-refractivity contribution in [1.82, 2.24) is 10.2 Å². The van der Waals surface area contributed by atoms with Crippen LogP contribution in [0, 0.1) is 0 Å². The number of carbonyl (C=O) groups excluding carboxylic acids is 1. The van der Waals surface area contributed by atoms with Crippen molar-refractivity contribution in [3.8, 4) is 0 Å². The van der Waals surface area contributed by atoms with Gasteiger partial charge in [-0.25, -0.2) is 4.79 Å². The van der Waals surface area contributed by atoms with Gasteiger partial charge in [0.2, 0.25) is 0 Å². The Morgan fingerprint density at radius 2 is 1.95 bits per heavy atom. The van der Waals surface area contributed by atoms with E-state index >= 15 is 0 Å². The molecule has 100 valence electrons. The summed E-state index contributed by atoms with van der Waals surface area (Å²) in [7, 11) is 0. The lowest BCUT2D eigenvalue weighted by atomic mass is 10.1. The van der Waals surface area contributed by atoms with E-state index in [1.54, 1.807) is 18.3 Å². The zero-order valence-corrected chi connectivity index (χ0v) is 10.9. The highest BCUT2D eigenvalue weighted by Gasteiger charge is 2.07. The normalized spacial score (nSPS) is 10.6. The summed E-state index contributed by atoms with van der Waals surface area (Å²) >= 11 is 0. The Kier molecular flexibility index (Phi) is 3.46. The maximum absolute atomic E-state index is 11.8. The minimum atomic E-state index is -0.289. The summed E-state index contributed by atoms with van der Waals surface area (Å²) in [6, 6.07) is 15.0. The van der Waals surface area contributed by atoms with Crippen LogP contribution in [0.25, 0.3) is 10.9 Å². The van der Waals surface area contributed by atoms with Crippen molar-refractivity contribution in [1.29, 1.82) is 0 Å². The average molecular weight is 266 g/mol. The van der Waals surface area contributed by atoms with Gasteiger partial charge in [-0.2, -0.15) is 5.10 Å². The highest BCUT2D eigenvalue weighted by Crippen LogP contribution is 2.16. The third kappa shape index (κ3) is 2.54. The molecule has 4 nitrogen and oxygen atoms in total. The molecule has 3 rings (SSSR count). The SMILES string of the molecule is O=C(OCCc1cccc2cn[nH]c12)c1ccccc1.